The van der Waals surface area contributed by atoms with Crippen LogP contribution < -0.4 is 5.56 Å². The Hall–Kier alpha value is -2.74. The fourth-order valence-electron chi connectivity index (χ4n) is 3.87. The van der Waals surface area contributed by atoms with Gasteiger partial charge in [0.25, 0.3) is 5.56 Å². The molecule has 1 saturated heterocycles. The van der Waals surface area contributed by atoms with E-state index in [9.17, 15) is 14.0 Å². The molecule has 0 aliphatic carbocycles. The molecule has 1 aliphatic heterocycles. The van der Waals surface area contributed by atoms with Gasteiger partial charge in [-0.25, -0.2) is 14.2 Å². The highest BCUT2D eigenvalue weighted by Gasteiger charge is 2.36. The normalized spacial score (nSPS) is 16.7. The average Bonchev–Trinajstić information content (AvgIpc) is 3.16. The van der Waals surface area contributed by atoms with E-state index in [1.54, 1.807) is 35.2 Å². The first-order valence-electron chi connectivity index (χ1n) is 10.1. The molecule has 0 unspecified atom stereocenters. The molecule has 0 saturated carbocycles. The zero-order chi connectivity index (χ0) is 22.3. The first kappa shape index (κ1) is 21.5. The van der Waals surface area contributed by atoms with Crippen molar-refractivity contribution < 1.29 is 13.9 Å². The van der Waals surface area contributed by atoms with Crippen molar-refractivity contribution in [2.45, 2.75) is 45.3 Å². The van der Waals surface area contributed by atoms with Crippen LogP contribution in [-0.4, -0.2) is 32.7 Å². The van der Waals surface area contributed by atoms with Gasteiger partial charge in [0.05, 0.1) is 22.6 Å². The Bertz CT molecular complexity index is 1220. The molecule has 0 radical (unpaired) electrons. The number of rotatable bonds is 2. The van der Waals surface area contributed by atoms with E-state index in [1.807, 2.05) is 20.8 Å². The minimum Gasteiger partial charge on any atom is -0.444 e. The molecule has 2 aromatic carbocycles. The lowest BCUT2D eigenvalue weighted by Gasteiger charge is -2.29. The Morgan fingerprint density at radius 2 is 1.97 bits per heavy atom. The topological polar surface area (TPSA) is 64.4 Å². The molecular weight excluding hydrogens is 465 g/mol. The third-order valence-electron chi connectivity index (χ3n) is 5.12. The summed E-state index contributed by atoms with van der Waals surface area (Å²) in [6, 6.07) is 10.7. The smallest absolute Gasteiger partial charge is 0.410 e. The van der Waals surface area contributed by atoms with E-state index in [2.05, 4.69) is 15.9 Å². The molecule has 1 atom stereocenters. The summed E-state index contributed by atoms with van der Waals surface area (Å²) in [6.45, 7) is 5.93. The average molecular weight is 488 g/mol. The van der Waals surface area contributed by atoms with E-state index in [1.165, 1.54) is 16.7 Å². The van der Waals surface area contributed by atoms with Gasteiger partial charge in [0.2, 0.25) is 0 Å². The third kappa shape index (κ3) is 4.21. The van der Waals surface area contributed by atoms with Gasteiger partial charge >= 0.3 is 6.09 Å². The van der Waals surface area contributed by atoms with E-state index >= 15 is 0 Å². The van der Waals surface area contributed by atoms with Gasteiger partial charge < -0.3 is 4.74 Å². The predicted octanol–water partition coefficient (Wildman–Crippen LogP) is 5.36. The maximum atomic E-state index is 14.0. The first-order chi connectivity index (χ1) is 14.7. The van der Waals surface area contributed by atoms with E-state index in [0.717, 1.165) is 6.42 Å². The summed E-state index contributed by atoms with van der Waals surface area (Å²) < 4.78 is 21.6. The number of ether oxygens (including phenoxy) is 1. The molecule has 1 amide bonds. The number of nitrogens with zero attached hydrogens (tertiary/aromatic N) is 3. The quantitative estimate of drug-likeness (QED) is 0.487. The van der Waals surface area contributed by atoms with Crippen molar-refractivity contribution in [2.75, 3.05) is 6.54 Å². The van der Waals surface area contributed by atoms with Gasteiger partial charge in [0, 0.05) is 11.0 Å². The zero-order valence-electron chi connectivity index (χ0n) is 17.6. The van der Waals surface area contributed by atoms with Crippen molar-refractivity contribution in [3.63, 3.8) is 0 Å². The predicted molar refractivity (Wildman–Crippen MR) is 120 cm³/mol. The number of halogens is 2. The van der Waals surface area contributed by atoms with Crippen molar-refractivity contribution >= 4 is 32.9 Å². The Labute approximate surface area is 187 Å². The largest absolute Gasteiger partial charge is 0.444 e. The van der Waals surface area contributed by atoms with Crippen molar-refractivity contribution in [2.24, 2.45) is 0 Å². The summed E-state index contributed by atoms with van der Waals surface area (Å²) in [5, 5.41) is 0.400. The molecule has 3 aromatic rings. The summed E-state index contributed by atoms with van der Waals surface area (Å²) in [7, 11) is 0. The second-order valence-electron chi connectivity index (χ2n) is 8.56. The van der Waals surface area contributed by atoms with Crippen LogP contribution in [0.1, 0.15) is 45.5 Å². The molecule has 1 fully saturated rings. The summed E-state index contributed by atoms with van der Waals surface area (Å²) in [4.78, 5) is 32.8. The molecule has 1 aromatic heterocycles. The minimum absolute atomic E-state index is 0.325. The fourth-order valence-corrected chi connectivity index (χ4v) is 4.39. The van der Waals surface area contributed by atoms with E-state index in [4.69, 9.17) is 9.72 Å². The van der Waals surface area contributed by atoms with Crippen LogP contribution in [0.25, 0.3) is 16.6 Å². The van der Waals surface area contributed by atoms with Crippen molar-refractivity contribution in [1.82, 2.24) is 14.5 Å². The molecule has 4 rings (SSSR count). The number of amides is 1. The number of hydrogen-bond donors (Lipinski definition) is 0. The van der Waals surface area contributed by atoms with Crippen molar-refractivity contribution in [3.8, 4) is 5.69 Å². The molecule has 0 N–H and O–H groups in total. The summed E-state index contributed by atoms with van der Waals surface area (Å²) >= 11 is 3.43. The molecular formula is C23H23BrFN3O3. The van der Waals surface area contributed by atoms with Crippen LogP contribution in [0.2, 0.25) is 0 Å². The van der Waals surface area contributed by atoms with Gasteiger partial charge in [-0.3, -0.25) is 14.3 Å². The van der Waals surface area contributed by atoms with Crippen molar-refractivity contribution in [3.05, 3.63) is 68.9 Å². The molecule has 31 heavy (non-hydrogen) atoms. The molecule has 8 heteroatoms. The number of likely N-dealkylation sites (tertiary alicyclic amines) is 1. The second-order valence-corrected chi connectivity index (χ2v) is 9.41. The number of aromatic nitrogens is 2. The monoisotopic (exact) mass is 487 g/mol. The van der Waals surface area contributed by atoms with Crippen LogP contribution in [0.3, 0.4) is 0 Å². The summed E-state index contributed by atoms with van der Waals surface area (Å²) in [6.07, 6.45) is 0.921. The molecule has 2 heterocycles. The number of carbonyl (C=O) groups excluding carboxylic acids is 1. The van der Waals surface area contributed by atoms with Crippen LogP contribution in [0, 0.1) is 5.82 Å². The van der Waals surface area contributed by atoms with Gasteiger partial charge in [-0.05, 0) is 79.9 Å². The number of hydrogen-bond acceptors (Lipinski definition) is 4. The van der Waals surface area contributed by atoms with E-state index in [0.29, 0.717) is 39.9 Å². The highest BCUT2D eigenvalue weighted by molar-refractivity contribution is 9.10. The minimum atomic E-state index is -0.645. The Kier molecular flexibility index (Phi) is 5.60. The van der Waals surface area contributed by atoms with Gasteiger partial charge in [0.15, 0.2) is 0 Å². The lowest BCUT2D eigenvalue weighted by Crippen LogP contribution is -2.38. The molecule has 162 valence electrons. The standard InChI is InChI=1S/C23H23BrFN3O3/c1-23(2,3)31-22(30)27-12-6-11-18(27)20-26-17-10-5-9-16(24)19(17)21(29)28(20)15-8-4-7-14(25)13-15/h4-5,7-10,13,18H,6,11-12H2,1-3H3/t18-/m0/s1. The van der Waals surface area contributed by atoms with Gasteiger partial charge in [-0.15, -0.1) is 0 Å². The molecule has 0 bridgehead atoms. The van der Waals surface area contributed by atoms with Crippen LogP contribution in [0.15, 0.2) is 51.7 Å². The molecule has 0 spiro atoms. The zero-order valence-corrected chi connectivity index (χ0v) is 19.1. The van der Waals surface area contributed by atoms with Crippen LogP contribution in [-0.2, 0) is 4.74 Å². The Morgan fingerprint density at radius 1 is 1.23 bits per heavy atom. The second kappa shape index (κ2) is 8.07. The van der Waals surface area contributed by atoms with Crippen molar-refractivity contribution in [1.29, 1.82) is 0 Å². The maximum absolute atomic E-state index is 14.0. The lowest BCUT2D eigenvalue weighted by molar-refractivity contribution is 0.0216. The molecule has 6 nitrogen and oxygen atoms in total. The summed E-state index contributed by atoms with van der Waals surface area (Å²) in [5.74, 6) is -0.0671. The maximum Gasteiger partial charge on any atom is 0.410 e. The number of fused-ring (bicyclic) bond motifs is 1. The van der Waals surface area contributed by atoms with E-state index < -0.39 is 23.6 Å². The lowest BCUT2D eigenvalue weighted by atomic mass is 10.1. The van der Waals surface area contributed by atoms with Crippen LogP contribution in [0.5, 0.6) is 0 Å². The van der Waals surface area contributed by atoms with Gasteiger partial charge in [-0.2, -0.15) is 0 Å². The van der Waals surface area contributed by atoms with E-state index in [-0.39, 0.29) is 5.56 Å². The SMILES string of the molecule is CC(C)(C)OC(=O)N1CCC[C@H]1c1nc2cccc(Br)c2c(=O)n1-c1cccc(F)c1. The highest BCUT2D eigenvalue weighted by atomic mass is 79.9. The van der Waals surface area contributed by atoms with Gasteiger partial charge in [-0.1, -0.05) is 12.1 Å². The fraction of sp³-hybridized carbons (Fsp3) is 0.348. The third-order valence-corrected chi connectivity index (χ3v) is 5.78. The number of carbonyl (C=O) groups is 1. The Balaban J connectivity index is 1.93. The highest BCUT2D eigenvalue weighted by Crippen LogP contribution is 2.34. The molecule has 1 aliphatic rings. The number of benzene rings is 2. The Morgan fingerprint density at radius 3 is 2.68 bits per heavy atom. The summed E-state index contributed by atoms with van der Waals surface area (Å²) in [5.41, 5.74) is -0.0953. The van der Waals surface area contributed by atoms with Crippen LogP contribution in [0.4, 0.5) is 9.18 Å². The first-order valence-corrected chi connectivity index (χ1v) is 10.9. The van der Waals surface area contributed by atoms with Gasteiger partial charge in [0.1, 0.15) is 17.2 Å². The van der Waals surface area contributed by atoms with Crippen LogP contribution >= 0.6 is 15.9 Å².